The first kappa shape index (κ1) is 16.4. The van der Waals surface area contributed by atoms with Crippen molar-refractivity contribution in [2.45, 2.75) is 71.0 Å². The minimum atomic E-state index is -0.710. The van der Waals surface area contributed by atoms with Crippen molar-refractivity contribution in [3.63, 3.8) is 0 Å². The molecule has 112 valence electrons. The van der Waals surface area contributed by atoms with Crippen LogP contribution in [0.1, 0.15) is 53.4 Å². The van der Waals surface area contributed by atoms with Gasteiger partial charge < -0.3 is 15.5 Å². The molecule has 4 heteroatoms. The largest absolute Gasteiger partial charge is 0.341 e. The molecule has 0 aromatic carbocycles. The number of hydrogen-bond donors (Lipinski definition) is 1. The highest BCUT2D eigenvalue weighted by Gasteiger charge is 2.34. The lowest BCUT2D eigenvalue weighted by Gasteiger charge is -2.40. The number of rotatable bonds is 5. The van der Waals surface area contributed by atoms with Gasteiger partial charge in [-0.2, -0.15) is 0 Å². The average molecular weight is 269 g/mol. The summed E-state index contributed by atoms with van der Waals surface area (Å²) in [5, 5.41) is 0. The fourth-order valence-electron chi connectivity index (χ4n) is 2.98. The molecule has 1 atom stereocenters. The lowest BCUT2D eigenvalue weighted by Crippen LogP contribution is -2.56. The van der Waals surface area contributed by atoms with Crippen LogP contribution in [-0.2, 0) is 4.79 Å². The first-order valence-electron chi connectivity index (χ1n) is 7.59. The first-order valence-corrected chi connectivity index (χ1v) is 7.59. The summed E-state index contributed by atoms with van der Waals surface area (Å²) in [5.41, 5.74) is 5.44. The minimum absolute atomic E-state index is 0.0948. The predicted molar refractivity (Wildman–Crippen MR) is 80.0 cm³/mol. The van der Waals surface area contributed by atoms with E-state index < -0.39 is 5.54 Å². The molecule has 0 spiro atoms. The van der Waals surface area contributed by atoms with Crippen molar-refractivity contribution >= 4 is 5.91 Å². The van der Waals surface area contributed by atoms with Crippen molar-refractivity contribution < 1.29 is 4.79 Å². The van der Waals surface area contributed by atoms with Crippen LogP contribution in [0.5, 0.6) is 0 Å². The molecular formula is C15H31N3O. The van der Waals surface area contributed by atoms with E-state index in [9.17, 15) is 4.79 Å². The first-order chi connectivity index (χ1) is 8.79. The SMILES string of the molecule is CCCC(C)(N)C(=O)N(C)C1CCN(C(C)C)CC1. The quantitative estimate of drug-likeness (QED) is 0.828. The van der Waals surface area contributed by atoms with Gasteiger partial charge in [-0.1, -0.05) is 13.3 Å². The smallest absolute Gasteiger partial charge is 0.242 e. The molecule has 1 aliphatic heterocycles. The highest BCUT2D eigenvalue weighted by atomic mass is 16.2. The third-order valence-electron chi connectivity index (χ3n) is 4.36. The van der Waals surface area contributed by atoms with Crippen molar-refractivity contribution in [3.05, 3.63) is 0 Å². The van der Waals surface area contributed by atoms with E-state index in [-0.39, 0.29) is 5.91 Å². The highest BCUT2D eigenvalue weighted by molar-refractivity contribution is 5.85. The Bertz CT molecular complexity index is 294. The number of carbonyl (C=O) groups is 1. The van der Waals surface area contributed by atoms with E-state index in [1.807, 2.05) is 18.9 Å². The van der Waals surface area contributed by atoms with E-state index in [4.69, 9.17) is 5.73 Å². The molecule has 1 unspecified atom stereocenters. The fourth-order valence-corrected chi connectivity index (χ4v) is 2.98. The Morgan fingerprint density at radius 2 is 1.95 bits per heavy atom. The molecule has 1 amide bonds. The topological polar surface area (TPSA) is 49.6 Å². The molecule has 0 saturated carbocycles. The van der Waals surface area contributed by atoms with Gasteiger partial charge in [0.25, 0.3) is 0 Å². The Morgan fingerprint density at radius 3 is 2.37 bits per heavy atom. The van der Waals surface area contributed by atoms with Gasteiger partial charge in [0.2, 0.25) is 5.91 Å². The maximum absolute atomic E-state index is 12.5. The van der Waals surface area contributed by atoms with Gasteiger partial charge in [-0.25, -0.2) is 0 Å². The van der Waals surface area contributed by atoms with Gasteiger partial charge in [0.05, 0.1) is 5.54 Å². The summed E-state index contributed by atoms with van der Waals surface area (Å²) in [6, 6.07) is 0.948. The van der Waals surface area contributed by atoms with Crippen molar-refractivity contribution in [1.82, 2.24) is 9.80 Å². The molecule has 0 aliphatic carbocycles. The van der Waals surface area contributed by atoms with Gasteiger partial charge in [-0.3, -0.25) is 4.79 Å². The summed E-state index contributed by atoms with van der Waals surface area (Å²) < 4.78 is 0. The molecule has 1 aliphatic rings. The summed E-state index contributed by atoms with van der Waals surface area (Å²) >= 11 is 0. The number of carbonyl (C=O) groups excluding carboxylic acids is 1. The van der Waals surface area contributed by atoms with Gasteiger partial charge in [0.1, 0.15) is 0 Å². The number of likely N-dealkylation sites (tertiary alicyclic amines) is 1. The molecule has 2 N–H and O–H groups in total. The molecule has 1 heterocycles. The maximum Gasteiger partial charge on any atom is 0.242 e. The molecule has 19 heavy (non-hydrogen) atoms. The Balaban J connectivity index is 2.55. The average Bonchev–Trinajstić information content (AvgIpc) is 2.37. The molecule has 1 saturated heterocycles. The van der Waals surface area contributed by atoms with E-state index in [1.54, 1.807) is 0 Å². The standard InChI is InChI=1S/C15H31N3O/c1-6-9-15(4,16)14(19)17(5)13-7-10-18(11-8-13)12(2)3/h12-13H,6-11,16H2,1-5H3. The molecule has 1 rings (SSSR count). The molecule has 0 aromatic heterocycles. The van der Waals surface area contributed by atoms with Gasteiger partial charge in [-0.05, 0) is 40.0 Å². The van der Waals surface area contributed by atoms with Crippen LogP contribution in [0.3, 0.4) is 0 Å². The van der Waals surface area contributed by atoms with Crippen LogP contribution in [0.25, 0.3) is 0 Å². The summed E-state index contributed by atoms with van der Waals surface area (Å²) in [5.74, 6) is 0.0948. The van der Waals surface area contributed by atoms with Gasteiger partial charge in [0, 0.05) is 32.2 Å². The van der Waals surface area contributed by atoms with Crippen molar-refractivity contribution in [2.75, 3.05) is 20.1 Å². The summed E-state index contributed by atoms with van der Waals surface area (Å²) in [4.78, 5) is 16.8. The van der Waals surface area contributed by atoms with Crippen molar-refractivity contribution in [3.8, 4) is 0 Å². The van der Waals surface area contributed by atoms with E-state index in [1.165, 1.54) is 0 Å². The summed E-state index contributed by atoms with van der Waals surface area (Å²) in [6.45, 7) is 10.5. The Hall–Kier alpha value is -0.610. The van der Waals surface area contributed by atoms with Crippen LogP contribution in [0.2, 0.25) is 0 Å². The fraction of sp³-hybridized carbons (Fsp3) is 0.933. The van der Waals surface area contributed by atoms with Gasteiger partial charge >= 0.3 is 0 Å². The maximum atomic E-state index is 12.5. The second-order valence-corrected chi connectivity index (χ2v) is 6.44. The van der Waals surface area contributed by atoms with Crippen LogP contribution in [0.4, 0.5) is 0 Å². The Labute approximate surface area is 118 Å². The lowest BCUT2D eigenvalue weighted by atomic mass is 9.93. The van der Waals surface area contributed by atoms with Crippen LogP contribution >= 0.6 is 0 Å². The van der Waals surface area contributed by atoms with Gasteiger partial charge in [-0.15, -0.1) is 0 Å². The zero-order valence-corrected chi connectivity index (χ0v) is 13.3. The molecule has 0 aromatic rings. The number of nitrogens with two attached hydrogens (primary N) is 1. The van der Waals surface area contributed by atoms with E-state index in [0.29, 0.717) is 12.1 Å². The predicted octanol–water partition coefficient (Wildman–Crippen LogP) is 1.84. The summed E-state index contributed by atoms with van der Waals surface area (Å²) in [6.07, 6.45) is 3.81. The van der Waals surface area contributed by atoms with Crippen LogP contribution in [0, 0.1) is 0 Å². The molecular weight excluding hydrogens is 238 g/mol. The molecule has 4 nitrogen and oxygen atoms in total. The monoisotopic (exact) mass is 269 g/mol. The number of piperidine rings is 1. The Morgan fingerprint density at radius 1 is 1.42 bits per heavy atom. The zero-order chi connectivity index (χ0) is 14.6. The lowest BCUT2D eigenvalue weighted by molar-refractivity contribution is -0.138. The third kappa shape index (κ3) is 4.18. The number of hydrogen-bond acceptors (Lipinski definition) is 3. The van der Waals surface area contributed by atoms with Crippen LogP contribution in [-0.4, -0.2) is 53.5 Å². The van der Waals surface area contributed by atoms with Crippen molar-refractivity contribution in [2.24, 2.45) is 5.73 Å². The number of amides is 1. The number of nitrogens with zero attached hydrogens (tertiary/aromatic N) is 2. The second-order valence-electron chi connectivity index (χ2n) is 6.44. The number of likely N-dealkylation sites (N-methyl/N-ethyl adjacent to an activating group) is 1. The minimum Gasteiger partial charge on any atom is -0.341 e. The van der Waals surface area contributed by atoms with E-state index in [2.05, 4.69) is 25.7 Å². The molecule has 0 bridgehead atoms. The molecule has 1 fully saturated rings. The normalized spacial score (nSPS) is 21.4. The Kier molecular flexibility index (Phi) is 5.81. The van der Waals surface area contributed by atoms with Crippen molar-refractivity contribution in [1.29, 1.82) is 0 Å². The van der Waals surface area contributed by atoms with E-state index in [0.717, 1.165) is 38.8 Å². The highest BCUT2D eigenvalue weighted by Crippen LogP contribution is 2.20. The third-order valence-corrected chi connectivity index (χ3v) is 4.36. The summed E-state index contributed by atoms with van der Waals surface area (Å²) in [7, 11) is 1.92. The van der Waals surface area contributed by atoms with Gasteiger partial charge in [0.15, 0.2) is 0 Å². The zero-order valence-electron chi connectivity index (χ0n) is 13.3. The second kappa shape index (κ2) is 6.71. The van der Waals surface area contributed by atoms with Crippen LogP contribution in [0.15, 0.2) is 0 Å². The van der Waals surface area contributed by atoms with E-state index >= 15 is 0 Å². The molecule has 0 radical (unpaired) electrons. The van der Waals surface area contributed by atoms with Crippen LogP contribution < -0.4 is 5.73 Å².